The third kappa shape index (κ3) is 2.30. The van der Waals surface area contributed by atoms with E-state index >= 15 is 0 Å². The van der Waals surface area contributed by atoms with Gasteiger partial charge >= 0.3 is 0 Å². The maximum atomic E-state index is 5.70. The van der Waals surface area contributed by atoms with E-state index < -0.39 is 0 Å². The molecule has 3 rings (SSSR count). The molecule has 1 aliphatic heterocycles. The second-order valence-electron chi connectivity index (χ2n) is 4.38. The van der Waals surface area contributed by atoms with Gasteiger partial charge < -0.3 is 9.47 Å². The fraction of sp³-hybridized carbons (Fsp3) is 0.250. The van der Waals surface area contributed by atoms with E-state index in [1.807, 2.05) is 12.1 Å². The van der Waals surface area contributed by atoms with Gasteiger partial charge in [0, 0.05) is 5.56 Å². The summed E-state index contributed by atoms with van der Waals surface area (Å²) in [6.07, 6.45) is 0.749. The number of hydrogen-bond donors (Lipinski definition) is 0. The van der Waals surface area contributed by atoms with Crippen molar-refractivity contribution in [2.75, 3.05) is 13.2 Å². The van der Waals surface area contributed by atoms with Gasteiger partial charge in [-0.3, -0.25) is 0 Å². The second-order valence-corrected chi connectivity index (χ2v) is 4.38. The first-order valence-electron chi connectivity index (χ1n) is 6.33. The van der Waals surface area contributed by atoms with Crippen LogP contribution in [0.15, 0.2) is 54.6 Å². The zero-order valence-corrected chi connectivity index (χ0v) is 10.2. The van der Waals surface area contributed by atoms with E-state index in [2.05, 4.69) is 42.5 Å². The van der Waals surface area contributed by atoms with Gasteiger partial charge in [0.25, 0.3) is 0 Å². The highest BCUT2D eigenvalue weighted by atomic mass is 16.7. The summed E-state index contributed by atoms with van der Waals surface area (Å²) in [5.41, 5.74) is 3.50. The van der Waals surface area contributed by atoms with Crippen LogP contribution in [0.3, 0.4) is 0 Å². The molecule has 0 aromatic heterocycles. The van der Waals surface area contributed by atoms with E-state index in [9.17, 15) is 0 Å². The normalized spacial score (nSPS) is 16.7. The topological polar surface area (TPSA) is 18.5 Å². The van der Waals surface area contributed by atoms with Crippen LogP contribution in [0.1, 0.15) is 18.3 Å². The van der Waals surface area contributed by atoms with Crippen LogP contribution in [0.4, 0.5) is 0 Å². The van der Waals surface area contributed by atoms with Crippen molar-refractivity contribution in [2.45, 2.75) is 12.7 Å². The third-order valence-corrected chi connectivity index (χ3v) is 3.13. The first-order chi connectivity index (χ1) is 8.95. The van der Waals surface area contributed by atoms with E-state index in [0.717, 1.165) is 25.2 Å². The predicted molar refractivity (Wildman–Crippen MR) is 71.1 cm³/mol. The molecule has 92 valence electrons. The van der Waals surface area contributed by atoms with Gasteiger partial charge in [-0.05, 0) is 17.5 Å². The minimum atomic E-state index is -0.227. The molecule has 2 aromatic carbocycles. The summed E-state index contributed by atoms with van der Waals surface area (Å²) in [4.78, 5) is 0. The average Bonchev–Trinajstić information content (AvgIpc) is 2.49. The molecule has 1 aliphatic rings. The van der Waals surface area contributed by atoms with E-state index in [0.29, 0.717) is 0 Å². The molecular weight excluding hydrogens is 224 g/mol. The molecule has 18 heavy (non-hydrogen) atoms. The molecule has 0 unspecified atom stereocenters. The fourth-order valence-electron chi connectivity index (χ4n) is 2.25. The van der Waals surface area contributed by atoms with Crippen molar-refractivity contribution in [3.63, 3.8) is 0 Å². The predicted octanol–water partition coefficient (Wildman–Crippen LogP) is 3.79. The molecule has 0 aliphatic carbocycles. The molecule has 1 fully saturated rings. The molecule has 0 bridgehead atoms. The van der Waals surface area contributed by atoms with Gasteiger partial charge in [0.1, 0.15) is 0 Å². The van der Waals surface area contributed by atoms with Crippen LogP contribution in [0, 0.1) is 0 Å². The monoisotopic (exact) mass is 240 g/mol. The largest absolute Gasteiger partial charge is 0.348 e. The van der Waals surface area contributed by atoms with Gasteiger partial charge in [0.05, 0.1) is 13.2 Å². The van der Waals surface area contributed by atoms with Gasteiger partial charge in [0.15, 0.2) is 6.29 Å². The first kappa shape index (κ1) is 11.5. The summed E-state index contributed by atoms with van der Waals surface area (Å²) in [5, 5.41) is 0. The van der Waals surface area contributed by atoms with Gasteiger partial charge in [-0.1, -0.05) is 54.6 Å². The van der Waals surface area contributed by atoms with Gasteiger partial charge in [-0.15, -0.1) is 0 Å². The van der Waals surface area contributed by atoms with Gasteiger partial charge in [-0.25, -0.2) is 0 Å². The summed E-state index contributed by atoms with van der Waals surface area (Å²) in [5.74, 6) is 0. The molecule has 2 aromatic rings. The Bertz CT molecular complexity index is 502. The number of ether oxygens (including phenoxy) is 2. The molecule has 1 heterocycles. The molecule has 2 nitrogen and oxygen atoms in total. The average molecular weight is 240 g/mol. The number of hydrogen-bond acceptors (Lipinski definition) is 2. The molecule has 1 saturated heterocycles. The Labute approximate surface area is 107 Å². The van der Waals surface area contributed by atoms with Crippen molar-refractivity contribution in [1.29, 1.82) is 0 Å². The van der Waals surface area contributed by atoms with Crippen LogP contribution in [0.5, 0.6) is 0 Å². The molecule has 0 spiro atoms. The molecule has 0 N–H and O–H groups in total. The lowest BCUT2D eigenvalue weighted by molar-refractivity contribution is -0.182. The Morgan fingerprint density at radius 2 is 1.44 bits per heavy atom. The minimum absolute atomic E-state index is 0.227. The Hall–Kier alpha value is -1.64. The van der Waals surface area contributed by atoms with E-state index in [4.69, 9.17) is 9.47 Å². The molecular formula is C16H16O2. The molecule has 0 radical (unpaired) electrons. The first-order valence-corrected chi connectivity index (χ1v) is 6.33. The molecule has 2 heteroatoms. The maximum absolute atomic E-state index is 5.70. The van der Waals surface area contributed by atoms with Crippen molar-refractivity contribution in [2.24, 2.45) is 0 Å². The Morgan fingerprint density at radius 3 is 2.22 bits per heavy atom. The quantitative estimate of drug-likeness (QED) is 0.795. The second kappa shape index (κ2) is 5.34. The fourth-order valence-corrected chi connectivity index (χ4v) is 2.25. The molecule has 0 saturated carbocycles. The zero-order chi connectivity index (χ0) is 12.2. The van der Waals surface area contributed by atoms with Crippen molar-refractivity contribution < 1.29 is 9.47 Å². The van der Waals surface area contributed by atoms with Crippen LogP contribution in [-0.2, 0) is 9.47 Å². The Balaban J connectivity index is 1.99. The standard InChI is InChI=1S/C16H16O2/c1-2-7-13(8-3-1)14-9-4-5-10-15(14)16-17-11-6-12-18-16/h1-5,7-10,16H,6,11-12H2. The highest BCUT2D eigenvalue weighted by Crippen LogP contribution is 2.32. The molecule has 0 amide bonds. The van der Waals surface area contributed by atoms with Crippen LogP contribution >= 0.6 is 0 Å². The SMILES string of the molecule is c1ccc(-c2ccccc2C2OCCCO2)cc1. The summed E-state index contributed by atoms with van der Waals surface area (Å²) < 4.78 is 11.4. The zero-order valence-electron chi connectivity index (χ0n) is 10.2. The lowest BCUT2D eigenvalue weighted by atomic mass is 9.99. The third-order valence-electron chi connectivity index (χ3n) is 3.13. The van der Waals surface area contributed by atoms with Crippen molar-refractivity contribution in [3.05, 3.63) is 60.2 Å². The summed E-state index contributed by atoms with van der Waals surface area (Å²) in [7, 11) is 0. The molecule has 0 atom stereocenters. The number of benzene rings is 2. The summed E-state index contributed by atoms with van der Waals surface area (Å²) in [6.45, 7) is 1.54. The van der Waals surface area contributed by atoms with E-state index in [1.54, 1.807) is 0 Å². The maximum Gasteiger partial charge on any atom is 0.184 e. The summed E-state index contributed by atoms with van der Waals surface area (Å²) in [6, 6.07) is 18.6. The van der Waals surface area contributed by atoms with Crippen LogP contribution in [0.2, 0.25) is 0 Å². The van der Waals surface area contributed by atoms with Crippen molar-refractivity contribution in [1.82, 2.24) is 0 Å². The van der Waals surface area contributed by atoms with Gasteiger partial charge in [-0.2, -0.15) is 0 Å². The highest BCUT2D eigenvalue weighted by Gasteiger charge is 2.19. The Kier molecular flexibility index (Phi) is 3.40. The minimum Gasteiger partial charge on any atom is -0.348 e. The highest BCUT2D eigenvalue weighted by molar-refractivity contribution is 5.67. The lowest BCUT2D eigenvalue weighted by Gasteiger charge is -2.25. The van der Waals surface area contributed by atoms with Crippen LogP contribution < -0.4 is 0 Å². The van der Waals surface area contributed by atoms with Crippen LogP contribution in [0.25, 0.3) is 11.1 Å². The number of rotatable bonds is 2. The van der Waals surface area contributed by atoms with Crippen molar-refractivity contribution in [3.8, 4) is 11.1 Å². The lowest BCUT2D eigenvalue weighted by Crippen LogP contribution is -2.18. The summed E-state index contributed by atoms with van der Waals surface area (Å²) >= 11 is 0. The van der Waals surface area contributed by atoms with Gasteiger partial charge in [0.2, 0.25) is 0 Å². The van der Waals surface area contributed by atoms with Crippen molar-refractivity contribution >= 4 is 0 Å². The van der Waals surface area contributed by atoms with Crippen LogP contribution in [-0.4, -0.2) is 13.2 Å². The smallest absolute Gasteiger partial charge is 0.184 e. The van der Waals surface area contributed by atoms with E-state index in [1.165, 1.54) is 11.1 Å². The Morgan fingerprint density at radius 1 is 0.778 bits per heavy atom. The van der Waals surface area contributed by atoms with E-state index in [-0.39, 0.29) is 6.29 Å².